The van der Waals surface area contributed by atoms with E-state index in [1.54, 1.807) is 27.7 Å². The lowest BCUT2D eigenvalue weighted by Crippen LogP contribution is -2.17. The highest BCUT2D eigenvalue weighted by atomic mass is 35.5. The molecule has 0 bridgehead atoms. The highest BCUT2D eigenvalue weighted by Crippen LogP contribution is 2.44. The van der Waals surface area contributed by atoms with E-state index in [9.17, 15) is 18.0 Å². The lowest BCUT2D eigenvalue weighted by atomic mass is 9.87. The summed E-state index contributed by atoms with van der Waals surface area (Å²) in [5, 5.41) is -0.114. The molecule has 1 unspecified atom stereocenters. The molecule has 192 valence electrons. The molecule has 0 spiro atoms. The number of hydrogen-bond acceptors (Lipinski definition) is 5. The summed E-state index contributed by atoms with van der Waals surface area (Å²) in [4.78, 5) is 24.9. The Morgan fingerprint density at radius 1 is 1.06 bits per heavy atom. The fraction of sp³-hybridized carbons (Fsp3) is 0.360. The zero-order valence-electron chi connectivity index (χ0n) is 19.8. The number of pyridine rings is 1. The zero-order valence-corrected chi connectivity index (χ0v) is 21.3. The highest BCUT2D eigenvalue weighted by Gasteiger charge is 2.33. The van der Waals surface area contributed by atoms with E-state index in [-0.39, 0.29) is 45.2 Å². The molecule has 0 N–H and O–H groups in total. The number of ketones is 1. The molecule has 1 aromatic carbocycles. The van der Waals surface area contributed by atoms with Crippen molar-refractivity contribution in [3.63, 3.8) is 0 Å². The normalized spacial score (nSPS) is 13.5. The minimum Gasteiger partial charge on any atom is -0.490 e. The van der Waals surface area contributed by atoms with Crippen molar-refractivity contribution in [1.82, 2.24) is 15.0 Å². The van der Waals surface area contributed by atoms with Crippen LogP contribution in [0.3, 0.4) is 0 Å². The van der Waals surface area contributed by atoms with E-state index >= 15 is 4.39 Å². The van der Waals surface area contributed by atoms with Crippen molar-refractivity contribution in [3.8, 4) is 16.9 Å². The van der Waals surface area contributed by atoms with Crippen molar-refractivity contribution in [2.45, 2.75) is 58.2 Å². The van der Waals surface area contributed by atoms with Crippen molar-refractivity contribution in [2.75, 3.05) is 0 Å². The molecule has 2 aromatic heterocycles. The van der Waals surface area contributed by atoms with E-state index in [2.05, 4.69) is 15.0 Å². The van der Waals surface area contributed by atoms with Gasteiger partial charge in [-0.15, -0.1) is 0 Å². The van der Waals surface area contributed by atoms with Gasteiger partial charge in [-0.2, -0.15) is 13.2 Å². The Labute approximate surface area is 215 Å². The lowest BCUT2D eigenvalue weighted by Gasteiger charge is -2.23. The Balaban J connectivity index is 2.06. The molecular formula is C25H23Cl2F4N3O2. The van der Waals surface area contributed by atoms with Gasteiger partial charge in [0.1, 0.15) is 17.2 Å². The monoisotopic (exact) mass is 543 g/mol. The number of hydrogen-bond donors (Lipinski definition) is 0. The van der Waals surface area contributed by atoms with Crippen molar-refractivity contribution < 1.29 is 27.1 Å². The van der Waals surface area contributed by atoms with E-state index in [0.717, 1.165) is 18.3 Å². The molecule has 11 heteroatoms. The number of nitrogens with zero attached hydrogens (tertiary/aromatic N) is 3. The van der Waals surface area contributed by atoms with Crippen LogP contribution in [-0.2, 0) is 11.0 Å². The Morgan fingerprint density at radius 2 is 1.72 bits per heavy atom. The molecule has 2 atom stereocenters. The van der Waals surface area contributed by atoms with Gasteiger partial charge in [0.2, 0.25) is 0 Å². The summed E-state index contributed by atoms with van der Waals surface area (Å²) in [5.41, 5.74) is -0.503. The van der Waals surface area contributed by atoms with Gasteiger partial charge in [-0.1, -0.05) is 43.1 Å². The van der Waals surface area contributed by atoms with E-state index in [0.29, 0.717) is 11.3 Å². The van der Waals surface area contributed by atoms with Gasteiger partial charge in [-0.05, 0) is 26.0 Å². The molecule has 0 amide bonds. The maximum Gasteiger partial charge on any atom is 0.433 e. The van der Waals surface area contributed by atoms with Crippen molar-refractivity contribution >= 4 is 29.0 Å². The summed E-state index contributed by atoms with van der Waals surface area (Å²) in [6.45, 7) is 6.81. The molecule has 2 heterocycles. The van der Waals surface area contributed by atoms with Gasteiger partial charge in [-0.25, -0.2) is 9.37 Å². The largest absolute Gasteiger partial charge is 0.490 e. The third kappa shape index (κ3) is 6.13. The Bertz CT molecular complexity index is 1250. The second-order valence-corrected chi connectivity index (χ2v) is 9.35. The van der Waals surface area contributed by atoms with Gasteiger partial charge in [-0.3, -0.25) is 14.8 Å². The molecule has 0 aliphatic carbocycles. The average Bonchev–Trinajstić information content (AvgIpc) is 2.80. The number of ether oxygens (including phenoxy) is 1. The van der Waals surface area contributed by atoms with Gasteiger partial charge < -0.3 is 4.74 Å². The predicted octanol–water partition coefficient (Wildman–Crippen LogP) is 7.66. The second kappa shape index (κ2) is 11.1. The SMILES string of the molecule is CC(C)Oc1c([C@H](C)C(=O)CC(C)c2nccnc2Cl)cc(Cl)c(F)c1-c1ccc(C(F)(F)F)nc1. The van der Waals surface area contributed by atoms with Gasteiger partial charge in [0, 0.05) is 48.0 Å². The second-order valence-electron chi connectivity index (χ2n) is 8.59. The van der Waals surface area contributed by atoms with Crippen LogP contribution in [-0.4, -0.2) is 26.8 Å². The molecule has 36 heavy (non-hydrogen) atoms. The Kier molecular flexibility index (Phi) is 8.56. The maximum atomic E-state index is 15.3. The molecule has 0 radical (unpaired) electrons. The molecule has 0 aliphatic rings. The number of Topliss-reactive ketones (excluding diaryl/α,β-unsaturated/α-hetero) is 1. The average molecular weight is 544 g/mol. The van der Waals surface area contributed by atoms with E-state index in [4.69, 9.17) is 27.9 Å². The van der Waals surface area contributed by atoms with Gasteiger partial charge in [0.15, 0.2) is 11.0 Å². The van der Waals surface area contributed by atoms with Crippen LogP contribution < -0.4 is 4.74 Å². The fourth-order valence-electron chi connectivity index (χ4n) is 3.69. The summed E-state index contributed by atoms with van der Waals surface area (Å²) in [7, 11) is 0. The molecule has 0 saturated carbocycles. The third-order valence-corrected chi connectivity index (χ3v) is 6.07. The van der Waals surface area contributed by atoms with Crippen LogP contribution in [0, 0.1) is 5.82 Å². The first-order chi connectivity index (χ1) is 16.8. The van der Waals surface area contributed by atoms with Crippen LogP contribution >= 0.6 is 23.2 Å². The number of halogens is 6. The molecule has 3 rings (SSSR count). The van der Waals surface area contributed by atoms with Crippen LogP contribution in [0.25, 0.3) is 11.1 Å². The molecule has 5 nitrogen and oxygen atoms in total. The summed E-state index contributed by atoms with van der Waals surface area (Å²) in [6, 6.07) is 3.14. The minimum absolute atomic E-state index is 0.0134. The standard InChI is InChI=1S/C25H23Cl2F4N3O2/c1-12(2)36-23-16(14(4)18(35)9-13(3)22-24(27)33-8-7-32-22)10-17(26)21(28)20(23)15-5-6-19(34-11-15)25(29,30)31/h5-8,10-14H,9H2,1-4H3/t13?,14-/m0/s1. The molecule has 3 aromatic rings. The number of benzene rings is 1. The molecular weight excluding hydrogens is 521 g/mol. The van der Waals surface area contributed by atoms with Crippen LogP contribution in [0.2, 0.25) is 10.2 Å². The summed E-state index contributed by atoms with van der Waals surface area (Å²) in [5.74, 6) is -2.26. The topological polar surface area (TPSA) is 65.0 Å². The first-order valence-electron chi connectivity index (χ1n) is 11.0. The fourth-order valence-corrected chi connectivity index (χ4v) is 4.19. The van der Waals surface area contributed by atoms with Gasteiger partial charge >= 0.3 is 6.18 Å². The highest BCUT2D eigenvalue weighted by molar-refractivity contribution is 6.31. The number of carbonyl (C=O) groups is 1. The molecule has 0 fully saturated rings. The molecule has 0 aliphatic heterocycles. The zero-order chi connectivity index (χ0) is 26.8. The number of carbonyl (C=O) groups excluding carboxylic acids is 1. The third-order valence-electron chi connectivity index (χ3n) is 5.50. The van der Waals surface area contributed by atoms with Crippen LogP contribution in [0.1, 0.15) is 62.9 Å². The summed E-state index contributed by atoms with van der Waals surface area (Å²) >= 11 is 12.3. The summed E-state index contributed by atoms with van der Waals surface area (Å²) < 4.78 is 60.1. The van der Waals surface area contributed by atoms with Crippen molar-refractivity contribution in [3.05, 3.63) is 69.7 Å². The number of aromatic nitrogens is 3. The van der Waals surface area contributed by atoms with Crippen molar-refractivity contribution in [1.29, 1.82) is 0 Å². The summed E-state index contributed by atoms with van der Waals surface area (Å²) in [6.07, 6.45) is -1.23. The number of rotatable bonds is 8. The first-order valence-corrected chi connectivity index (χ1v) is 11.8. The van der Waals surface area contributed by atoms with Crippen LogP contribution in [0.15, 0.2) is 36.8 Å². The van der Waals surface area contributed by atoms with Crippen molar-refractivity contribution in [2.24, 2.45) is 0 Å². The molecule has 0 saturated heterocycles. The predicted molar refractivity (Wildman–Crippen MR) is 129 cm³/mol. The van der Waals surface area contributed by atoms with E-state index in [1.165, 1.54) is 18.5 Å². The van der Waals surface area contributed by atoms with Gasteiger partial charge in [0.05, 0.1) is 22.4 Å². The smallest absolute Gasteiger partial charge is 0.433 e. The van der Waals surface area contributed by atoms with Gasteiger partial charge in [0.25, 0.3) is 0 Å². The van der Waals surface area contributed by atoms with E-state index in [1.807, 2.05) is 0 Å². The van der Waals surface area contributed by atoms with Crippen LogP contribution in [0.5, 0.6) is 5.75 Å². The lowest BCUT2D eigenvalue weighted by molar-refractivity contribution is -0.141. The van der Waals surface area contributed by atoms with Crippen LogP contribution in [0.4, 0.5) is 17.6 Å². The Morgan fingerprint density at radius 3 is 2.28 bits per heavy atom. The first kappa shape index (κ1) is 27.8. The quantitative estimate of drug-likeness (QED) is 0.273. The number of alkyl halides is 3. The minimum atomic E-state index is -4.66. The van der Waals surface area contributed by atoms with E-state index < -0.39 is 29.7 Å². The Hall–Kier alpha value is -2.78. The maximum absolute atomic E-state index is 15.3.